The molecule has 0 radical (unpaired) electrons. The van der Waals surface area contributed by atoms with Crippen LogP contribution in [0.3, 0.4) is 0 Å². The van der Waals surface area contributed by atoms with Crippen molar-refractivity contribution in [3.63, 3.8) is 0 Å². The Hall–Kier alpha value is -3.68. The zero-order valence-corrected chi connectivity index (χ0v) is 13.9. The van der Waals surface area contributed by atoms with Gasteiger partial charge in [0.15, 0.2) is 5.69 Å². The molecule has 1 atom stereocenters. The van der Waals surface area contributed by atoms with E-state index < -0.39 is 11.9 Å². The van der Waals surface area contributed by atoms with E-state index in [-0.39, 0.29) is 11.6 Å². The number of para-hydroxylation sites is 3. The Morgan fingerprint density at radius 2 is 1.88 bits per heavy atom. The summed E-state index contributed by atoms with van der Waals surface area (Å²) in [6.07, 6.45) is 1.53. The first-order valence-electron chi connectivity index (χ1n) is 8.10. The van der Waals surface area contributed by atoms with Crippen LogP contribution in [0.25, 0.3) is 21.9 Å². The van der Waals surface area contributed by atoms with Gasteiger partial charge in [0.25, 0.3) is 11.8 Å². The molecule has 130 valence electrons. The molecule has 0 saturated carbocycles. The van der Waals surface area contributed by atoms with Gasteiger partial charge in [0.05, 0.1) is 16.6 Å². The number of H-pyrrole nitrogens is 1. The molecule has 4 rings (SSSR count). The molecule has 2 aromatic carbocycles. The van der Waals surface area contributed by atoms with E-state index >= 15 is 0 Å². The second-order valence-corrected chi connectivity index (χ2v) is 5.89. The maximum Gasteiger partial charge on any atom is 0.273 e. The van der Waals surface area contributed by atoms with Gasteiger partial charge >= 0.3 is 0 Å². The van der Waals surface area contributed by atoms with Crippen LogP contribution in [0, 0.1) is 0 Å². The van der Waals surface area contributed by atoms with Crippen LogP contribution in [0.2, 0.25) is 0 Å². The minimum Gasteiger partial charge on any atom is -0.339 e. The highest BCUT2D eigenvalue weighted by atomic mass is 16.2. The summed E-state index contributed by atoms with van der Waals surface area (Å²) in [7, 11) is 0. The maximum absolute atomic E-state index is 12.5. The Morgan fingerprint density at radius 3 is 2.77 bits per heavy atom. The van der Waals surface area contributed by atoms with E-state index in [1.165, 1.54) is 11.0 Å². The molecule has 8 heteroatoms. The number of rotatable bonds is 4. The van der Waals surface area contributed by atoms with Crippen LogP contribution >= 0.6 is 0 Å². The van der Waals surface area contributed by atoms with Gasteiger partial charge in [-0.2, -0.15) is 5.10 Å². The molecule has 0 fully saturated rings. The van der Waals surface area contributed by atoms with E-state index in [4.69, 9.17) is 0 Å². The smallest absolute Gasteiger partial charge is 0.273 e. The first-order chi connectivity index (χ1) is 12.6. The number of imidazole rings is 1. The van der Waals surface area contributed by atoms with E-state index in [1.807, 2.05) is 42.5 Å². The minimum atomic E-state index is -0.751. The molecule has 0 aliphatic heterocycles. The maximum atomic E-state index is 12.5. The monoisotopic (exact) mass is 348 g/mol. The zero-order chi connectivity index (χ0) is 18.1. The number of fused-ring (bicyclic) bond motifs is 2. The summed E-state index contributed by atoms with van der Waals surface area (Å²) in [5.74, 6) is -0.776. The molecule has 2 heterocycles. The van der Waals surface area contributed by atoms with E-state index in [0.717, 1.165) is 16.6 Å². The lowest BCUT2D eigenvalue weighted by Crippen LogP contribution is -2.43. The van der Waals surface area contributed by atoms with Crippen molar-refractivity contribution < 1.29 is 9.59 Å². The van der Waals surface area contributed by atoms with E-state index in [2.05, 4.69) is 25.9 Å². The number of aromatic amines is 1. The number of nitrogens with one attached hydrogen (secondary N) is 3. The van der Waals surface area contributed by atoms with Crippen LogP contribution in [0.15, 0.2) is 54.9 Å². The Balaban J connectivity index is 1.48. The van der Waals surface area contributed by atoms with Gasteiger partial charge in [-0.25, -0.2) is 9.66 Å². The molecule has 26 heavy (non-hydrogen) atoms. The van der Waals surface area contributed by atoms with Gasteiger partial charge in [-0.05, 0) is 25.1 Å². The number of aromatic nitrogens is 4. The molecular weight excluding hydrogens is 332 g/mol. The predicted molar refractivity (Wildman–Crippen MR) is 97.1 cm³/mol. The third-order valence-corrected chi connectivity index (χ3v) is 4.11. The molecule has 1 unspecified atom stereocenters. The van der Waals surface area contributed by atoms with Gasteiger partial charge in [-0.3, -0.25) is 20.1 Å². The van der Waals surface area contributed by atoms with Crippen molar-refractivity contribution in [2.75, 3.05) is 5.43 Å². The number of carbonyl (C=O) groups excluding carboxylic acids is 2. The first kappa shape index (κ1) is 15.8. The third-order valence-electron chi connectivity index (χ3n) is 4.11. The Labute approximate surface area is 148 Å². The summed E-state index contributed by atoms with van der Waals surface area (Å²) in [4.78, 5) is 29.1. The molecule has 4 aromatic rings. The highest BCUT2D eigenvalue weighted by molar-refractivity contribution is 6.06. The summed E-state index contributed by atoms with van der Waals surface area (Å²) in [5, 5.41) is 10.2. The van der Waals surface area contributed by atoms with E-state index in [9.17, 15) is 9.59 Å². The SMILES string of the molecule is CC(NC(=O)c1n[nH]c2ccccc12)C(=O)Nn1cnc2ccccc21. The molecule has 0 bridgehead atoms. The first-order valence-corrected chi connectivity index (χ1v) is 8.10. The van der Waals surface area contributed by atoms with Gasteiger partial charge in [0, 0.05) is 5.39 Å². The molecule has 0 aliphatic carbocycles. The van der Waals surface area contributed by atoms with Gasteiger partial charge in [0.1, 0.15) is 12.4 Å². The van der Waals surface area contributed by atoms with Crippen molar-refractivity contribution in [3.8, 4) is 0 Å². The Bertz CT molecular complexity index is 1110. The zero-order valence-electron chi connectivity index (χ0n) is 13.9. The molecule has 0 spiro atoms. The number of amides is 2. The van der Waals surface area contributed by atoms with Crippen LogP contribution in [0.1, 0.15) is 17.4 Å². The highest BCUT2D eigenvalue weighted by Gasteiger charge is 2.20. The topological polar surface area (TPSA) is 105 Å². The quantitative estimate of drug-likeness (QED) is 0.523. The van der Waals surface area contributed by atoms with Crippen LogP contribution in [0.4, 0.5) is 0 Å². The Morgan fingerprint density at radius 1 is 1.12 bits per heavy atom. The van der Waals surface area contributed by atoms with Gasteiger partial charge in [-0.1, -0.05) is 30.3 Å². The summed E-state index contributed by atoms with van der Waals surface area (Å²) in [6, 6.07) is 14.0. The van der Waals surface area contributed by atoms with E-state index in [1.54, 1.807) is 13.0 Å². The number of benzene rings is 2. The normalized spacial score (nSPS) is 12.2. The third kappa shape index (κ3) is 2.77. The summed E-state index contributed by atoms with van der Waals surface area (Å²) < 4.78 is 1.53. The fourth-order valence-electron chi connectivity index (χ4n) is 2.73. The second-order valence-electron chi connectivity index (χ2n) is 5.89. The van der Waals surface area contributed by atoms with Gasteiger partial charge in [0.2, 0.25) is 0 Å². The van der Waals surface area contributed by atoms with Crippen molar-refractivity contribution in [3.05, 3.63) is 60.6 Å². The predicted octanol–water partition coefficient (Wildman–Crippen LogP) is 1.80. The van der Waals surface area contributed by atoms with Crippen molar-refractivity contribution in [2.24, 2.45) is 0 Å². The second kappa shape index (κ2) is 6.32. The molecule has 0 saturated heterocycles. The summed E-state index contributed by atoms with van der Waals surface area (Å²) in [5.41, 5.74) is 5.29. The lowest BCUT2D eigenvalue weighted by atomic mass is 10.2. The molecule has 2 amide bonds. The largest absolute Gasteiger partial charge is 0.339 e. The molecule has 3 N–H and O–H groups in total. The van der Waals surface area contributed by atoms with Crippen molar-refractivity contribution >= 4 is 33.8 Å². The van der Waals surface area contributed by atoms with Crippen molar-refractivity contribution in [2.45, 2.75) is 13.0 Å². The molecule has 2 aromatic heterocycles. The van der Waals surface area contributed by atoms with Crippen LogP contribution in [0.5, 0.6) is 0 Å². The molecule has 0 aliphatic rings. The summed E-state index contributed by atoms with van der Waals surface area (Å²) in [6.45, 7) is 1.61. The van der Waals surface area contributed by atoms with Crippen LogP contribution in [-0.2, 0) is 4.79 Å². The Kier molecular flexibility index (Phi) is 3.85. The number of hydrogen-bond acceptors (Lipinski definition) is 4. The standard InChI is InChI=1S/C18H16N6O2/c1-11(17(25)23-24-10-19-14-8-4-5-9-15(14)24)20-18(26)16-12-6-2-3-7-13(12)21-22-16/h2-11H,1H3,(H,20,26)(H,21,22)(H,23,25). The summed E-state index contributed by atoms with van der Waals surface area (Å²) >= 11 is 0. The van der Waals surface area contributed by atoms with Crippen molar-refractivity contribution in [1.29, 1.82) is 0 Å². The lowest BCUT2D eigenvalue weighted by molar-refractivity contribution is -0.118. The number of hydrogen-bond donors (Lipinski definition) is 3. The fourth-order valence-corrected chi connectivity index (χ4v) is 2.73. The van der Waals surface area contributed by atoms with Crippen LogP contribution < -0.4 is 10.7 Å². The molecule has 8 nitrogen and oxygen atoms in total. The van der Waals surface area contributed by atoms with Gasteiger partial charge in [-0.15, -0.1) is 0 Å². The highest BCUT2D eigenvalue weighted by Crippen LogP contribution is 2.15. The van der Waals surface area contributed by atoms with Crippen molar-refractivity contribution in [1.82, 2.24) is 25.2 Å². The number of carbonyl (C=O) groups is 2. The fraction of sp³-hybridized carbons (Fsp3) is 0.111. The lowest BCUT2D eigenvalue weighted by Gasteiger charge is -2.14. The molecular formula is C18H16N6O2. The van der Waals surface area contributed by atoms with E-state index in [0.29, 0.717) is 5.39 Å². The average molecular weight is 348 g/mol. The number of nitrogens with zero attached hydrogens (tertiary/aromatic N) is 3. The minimum absolute atomic E-state index is 0.258. The van der Waals surface area contributed by atoms with Gasteiger partial charge < -0.3 is 5.32 Å². The van der Waals surface area contributed by atoms with Crippen LogP contribution in [-0.4, -0.2) is 37.7 Å². The average Bonchev–Trinajstić information content (AvgIpc) is 3.26.